The van der Waals surface area contributed by atoms with Crippen molar-refractivity contribution in [2.45, 2.75) is 71.5 Å². The molecule has 3 nitrogen and oxygen atoms in total. The second-order valence-electron chi connectivity index (χ2n) is 5.79. The van der Waals surface area contributed by atoms with Crippen LogP contribution in [-0.4, -0.2) is 35.9 Å². The summed E-state index contributed by atoms with van der Waals surface area (Å²) in [5.74, 6) is 0. The first-order valence-electron chi connectivity index (χ1n) is 7.28. The Balaban J connectivity index is 4.27. The van der Waals surface area contributed by atoms with E-state index in [1.807, 2.05) is 0 Å². The standard InChI is InChI=1S/C11H32O3Si4/c1-8-9-10-11-17(12-15(2)3)14-18(6,7)13-16(4)5/h15-17H,8-11H2,1-7H3. The van der Waals surface area contributed by atoms with Crippen LogP contribution in [0.4, 0.5) is 0 Å². The van der Waals surface area contributed by atoms with Crippen molar-refractivity contribution in [1.82, 2.24) is 0 Å². The number of rotatable bonds is 10. The molecule has 0 aliphatic rings. The predicted octanol–water partition coefficient (Wildman–Crippen LogP) is 3.12. The molecular formula is C11H32O3Si4. The molecule has 1 unspecified atom stereocenters. The van der Waals surface area contributed by atoms with Gasteiger partial charge in [-0.05, 0) is 45.3 Å². The van der Waals surface area contributed by atoms with Crippen LogP contribution in [-0.2, 0) is 12.3 Å². The zero-order valence-electron chi connectivity index (χ0n) is 13.3. The van der Waals surface area contributed by atoms with Gasteiger partial charge in [-0.25, -0.2) is 0 Å². The van der Waals surface area contributed by atoms with E-state index in [0.717, 1.165) is 6.04 Å². The lowest BCUT2D eigenvalue weighted by molar-refractivity contribution is 0.353. The Morgan fingerprint density at radius 2 is 1.50 bits per heavy atom. The summed E-state index contributed by atoms with van der Waals surface area (Å²) in [7, 11) is -5.42. The van der Waals surface area contributed by atoms with Gasteiger partial charge in [0.05, 0.1) is 0 Å². The lowest BCUT2D eigenvalue weighted by Crippen LogP contribution is -2.46. The van der Waals surface area contributed by atoms with Crippen LogP contribution in [0.1, 0.15) is 26.2 Å². The first-order valence-corrected chi connectivity index (χ1v) is 17.4. The molecule has 0 N–H and O–H groups in total. The molecule has 0 spiro atoms. The largest absolute Gasteiger partial charge is 0.441 e. The van der Waals surface area contributed by atoms with E-state index in [4.69, 9.17) is 12.3 Å². The van der Waals surface area contributed by atoms with Crippen molar-refractivity contribution < 1.29 is 12.3 Å². The van der Waals surface area contributed by atoms with E-state index in [2.05, 4.69) is 46.2 Å². The van der Waals surface area contributed by atoms with Crippen LogP contribution in [0.15, 0.2) is 0 Å². The smallest absolute Gasteiger partial charge is 0.312 e. The maximum absolute atomic E-state index is 6.31. The zero-order valence-corrected chi connectivity index (χ0v) is 17.7. The average Bonchev–Trinajstić information content (AvgIpc) is 2.13. The van der Waals surface area contributed by atoms with Gasteiger partial charge in [0.15, 0.2) is 18.1 Å². The first-order chi connectivity index (χ1) is 8.26. The number of hydrogen-bond donors (Lipinski definition) is 0. The summed E-state index contributed by atoms with van der Waals surface area (Å²) >= 11 is 0. The van der Waals surface area contributed by atoms with Crippen LogP contribution in [0.3, 0.4) is 0 Å². The highest BCUT2D eigenvalue weighted by Gasteiger charge is 2.31. The minimum atomic E-state index is -1.94. The second kappa shape index (κ2) is 9.62. The van der Waals surface area contributed by atoms with Crippen LogP contribution in [0.25, 0.3) is 0 Å². The fourth-order valence-electron chi connectivity index (χ4n) is 1.93. The molecule has 0 amide bonds. The Morgan fingerprint density at radius 1 is 0.889 bits per heavy atom. The lowest BCUT2D eigenvalue weighted by Gasteiger charge is -2.31. The van der Waals surface area contributed by atoms with Crippen molar-refractivity contribution in [2.75, 3.05) is 0 Å². The fourth-order valence-corrected chi connectivity index (χ4v) is 14.5. The van der Waals surface area contributed by atoms with Gasteiger partial charge in [0.1, 0.15) is 0 Å². The molecule has 18 heavy (non-hydrogen) atoms. The van der Waals surface area contributed by atoms with Crippen molar-refractivity contribution in [3.8, 4) is 0 Å². The van der Waals surface area contributed by atoms with E-state index in [0.29, 0.717) is 0 Å². The third-order valence-corrected chi connectivity index (χ3v) is 14.2. The van der Waals surface area contributed by atoms with Crippen molar-refractivity contribution >= 4 is 35.9 Å². The Labute approximate surface area is 120 Å². The van der Waals surface area contributed by atoms with E-state index in [1.165, 1.54) is 19.3 Å². The van der Waals surface area contributed by atoms with Crippen LogP contribution >= 0.6 is 0 Å². The topological polar surface area (TPSA) is 27.7 Å². The summed E-state index contributed by atoms with van der Waals surface area (Å²) in [5, 5.41) is 0. The van der Waals surface area contributed by atoms with E-state index in [1.54, 1.807) is 0 Å². The summed E-state index contributed by atoms with van der Waals surface area (Å²) in [6, 6.07) is 1.15. The molecule has 1 atom stereocenters. The Kier molecular flexibility index (Phi) is 10.0. The molecule has 0 aromatic rings. The number of unbranched alkanes of at least 4 members (excludes halogenated alkanes) is 2. The SMILES string of the molecule is CCCCC[SiH](O[SiH](C)C)O[Si](C)(C)O[SiH](C)C. The molecule has 0 rings (SSSR count). The minimum absolute atomic E-state index is 0.990. The van der Waals surface area contributed by atoms with Crippen molar-refractivity contribution in [3.63, 3.8) is 0 Å². The summed E-state index contributed by atoms with van der Waals surface area (Å²) in [5.41, 5.74) is 0. The molecule has 0 saturated heterocycles. The highest BCUT2D eigenvalue weighted by atomic mass is 28.5. The molecule has 0 bridgehead atoms. The zero-order chi connectivity index (χ0) is 14.2. The quantitative estimate of drug-likeness (QED) is 0.456. The summed E-state index contributed by atoms with van der Waals surface area (Å²) in [6.45, 7) is 15.5. The molecule has 0 aromatic heterocycles. The number of hydrogen-bond acceptors (Lipinski definition) is 3. The van der Waals surface area contributed by atoms with Gasteiger partial charge >= 0.3 is 17.8 Å². The monoisotopic (exact) mass is 324 g/mol. The Hall–Kier alpha value is 0.748. The van der Waals surface area contributed by atoms with E-state index in [-0.39, 0.29) is 0 Å². The molecular weight excluding hydrogens is 292 g/mol. The third-order valence-electron chi connectivity index (χ3n) is 2.40. The van der Waals surface area contributed by atoms with E-state index >= 15 is 0 Å². The van der Waals surface area contributed by atoms with Gasteiger partial charge in [-0.3, -0.25) is 0 Å². The highest BCUT2D eigenvalue weighted by molar-refractivity contribution is 6.78. The van der Waals surface area contributed by atoms with Gasteiger partial charge in [-0.15, -0.1) is 0 Å². The molecule has 0 aromatic carbocycles. The molecule has 0 aliphatic heterocycles. The summed E-state index contributed by atoms with van der Waals surface area (Å²) < 4.78 is 18.5. The van der Waals surface area contributed by atoms with Crippen molar-refractivity contribution in [3.05, 3.63) is 0 Å². The maximum Gasteiger partial charge on any atom is 0.312 e. The molecule has 110 valence electrons. The lowest BCUT2D eigenvalue weighted by atomic mass is 10.3. The van der Waals surface area contributed by atoms with Crippen molar-refractivity contribution in [1.29, 1.82) is 0 Å². The Morgan fingerprint density at radius 3 is 1.94 bits per heavy atom. The molecule has 0 heterocycles. The Bertz CT molecular complexity index is 212. The molecule has 0 aliphatic carbocycles. The molecule has 0 saturated carbocycles. The fraction of sp³-hybridized carbons (Fsp3) is 1.00. The normalized spacial score (nSPS) is 14.5. The van der Waals surface area contributed by atoms with Crippen LogP contribution in [0.5, 0.6) is 0 Å². The second-order valence-corrected chi connectivity index (χ2v) is 17.2. The van der Waals surface area contributed by atoms with Crippen molar-refractivity contribution in [2.24, 2.45) is 0 Å². The van der Waals surface area contributed by atoms with Gasteiger partial charge in [-0.2, -0.15) is 0 Å². The van der Waals surface area contributed by atoms with E-state index in [9.17, 15) is 0 Å². The minimum Gasteiger partial charge on any atom is -0.441 e. The van der Waals surface area contributed by atoms with Crippen LogP contribution in [0.2, 0.25) is 45.3 Å². The van der Waals surface area contributed by atoms with E-state index < -0.39 is 35.9 Å². The van der Waals surface area contributed by atoms with Gasteiger partial charge in [0.2, 0.25) is 0 Å². The van der Waals surface area contributed by atoms with Gasteiger partial charge < -0.3 is 12.3 Å². The molecule has 7 heteroatoms. The van der Waals surface area contributed by atoms with Crippen LogP contribution in [0, 0.1) is 0 Å². The van der Waals surface area contributed by atoms with Gasteiger partial charge in [-0.1, -0.05) is 26.2 Å². The maximum atomic E-state index is 6.31. The molecule has 0 fully saturated rings. The third kappa shape index (κ3) is 10.7. The average molecular weight is 325 g/mol. The van der Waals surface area contributed by atoms with Crippen LogP contribution < -0.4 is 0 Å². The summed E-state index contributed by atoms with van der Waals surface area (Å²) in [6.07, 6.45) is 3.80. The first kappa shape index (κ1) is 18.7. The summed E-state index contributed by atoms with van der Waals surface area (Å²) in [4.78, 5) is 0. The molecule has 0 radical (unpaired) electrons. The highest BCUT2D eigenvalue weighted by Crippen LogP contribution is 2.15. The predicted molar refractivity (Wildman–Crippen MR) is 90.0 cm³/mol. The van der Waals surface area contributed by atoms with Gasteiger partial charge in [0.25, 0.3) is 0 Å². The van der Waals surface area contributed by atoms with Gasteiger partial charge in [0, 0.05) is 0 Å².